The summed E-state index contributed by atoms with van der Waals surface area (Å²) in [4.78, 5) is 29.8. The van der Waals surface area contributed by atoms with Crippen LogP contribution in [0.4, 0.5) is 5.69 Å². The summed E-state index contributed by atoms with van der Waals surface area (Å²) >= 11 is 6.08. The van der Waals surface area contributed by atoms with Crippen molar-refractivity contribution in [1.29, 1.82) is 0 Å². The molecule has 0 saturated heterocycles. The van der Waals surface area contributed by atoms with Crippen LogP contribution in [0.15, 0.2) is 66.7 Å². The fourth-order valence-electron chi connectivity index (χ4n) is 4.55. The van der Waals surface area contributed by atoms with Gasteiger partial charge in [-0.3, -0.25) is 14.9 Å². The molecule has 0 fully saturated rings. The van der Waals surface area contributed by atoms with Crippen LogP contribution in [0.3, 0.4) is 0 Å². The van der Waals surface area contributed by atoms with E-state index in [0.29, 0.717) is 24.1 Å². The third kappa shape index (κ3) is 3.60. The first kappa shape index (κ1) is 21.0. The SMILES string of the molecule is COc1ccc2[nH]c3c(c2c1)CCN(C(=O)c1ccccc1)[C@@H]3c1ccc(Cl)c([N+](=O)[O-])c1. The minimum atomic E-state index is -0.532. The number of nitro groups is 1. The van der Waals surface area contributed by atoms with Gasteiger partial charge in [0.1, 0.15) is 10.8 Å². The van der Waals surface area contributed by atoms with E-state index >= 15 is 0 Å². The summed E-state index contributed by atoms with van der Waals surface area (Å²) in [7, 11) is 1.62. The van der Waals surface area contributed by atoms with Gasteiger partial charge in [-0.2, -0.15) is 0 Å². The van der Waals surface area contributed by atoms with Gasteiger partial charge in [-0.05, 0) is 53.9 Å². The molecule has 8 heteroatoms. The van der Waals surface area contributed by atoms with E-state index in [-0.39, 0.29) is 16.6 Å². The van der Waals surface area contributed by atoms with Gasteiger partial charge in [-0.25, -0.2) is 0 Å². The number of amides is 1. The second kappa shape index (κ2) is 8.26. The highest BCUT2D eigenvalue weighted by Crippen LogP contribution is 2.41. The smallest absolute Gasteiger partial charge is 0.288 e. The lowest BCUT2D eigenvalue weighted by molar-refractivity contribution is -0.384. The van der Waals surface area contributed by atoms with Crippen LogP contribution in [-0.4, -0.2) is 34.4 Å². The van der Waals surface area contributed by atoms with Crippen LogP contribution in [0.5, 0.6) is 5.75 Å². The Kier molecular flexibility index (Phi) is 5.26. The summed E-state index contributed by atoms with van der Waals surface area (Å²) in [5, 5.41) is 12.6. The van der Waals surface area contributed by atoms with Crippen LogP contribution in [0.2, 0.25) is 5.02 Å². The van der Waals surface area contributed by atoms with Crippen molar-refractivity contribution in [2.45, 2.75) is 12.5 Å². The molecule has 166 valence electrons. The van der Waals surface area contributed by atoms with E-state index in [4.69, 9.17) is 16.3 Å². The Morgan fingerprint density at radius 1 is 1.15 bits per heavy atom. The van der Waals surface area contributed by atoms with Crippen molar-refractivity contribution in [2.75, 3.05) is 13.7 Å². The Labute approximate surface area is 194 Å². The van der Waals surface area contributed by atoms with Crippen molar-refractivity contribution in [1.82, 2.24) is 9.88 Å². The predicted octanol–water partition coefficient (Wildman–Crippen LogP) is 5.53. The molecule has 0 aliphatic carbocycles. The van der Waals surface area contributed by atoms with Crippen LogP contribution in [-0.2, 0) is 6.42 Å². The number of ether oxygens (including phenoxy) is 1. The number of aromatic amines is 1. The highest BCUT2D eigenvalue weighted by Gasteiger charge is 2.36. The molecule has 33 heavy (non-hydrogen) atoms. The van der Waals surface area contributed by atoms with Gasteiger partial charge < -0.3 is 14.6 Å². The van der Waals surface area contributed by atoms with Gasteiger partial charge >= 0.3 is 0 Å². The first-order chi connectivity index (χ1) is 16.0. The molecule has 3 aromatic carbocycles. The molecule has 1 N–H and O–H groups in total. The monoisotopic (exact) mass is 461 g/mol. The van der Waals surface area contributed by atoms with Crippen molar-refractivity contribution in [3.8, 4) is 5.75 Å². The summed E-state index contributed by atoms with van der Waals surface area (Å²) in [5.41, 5.74) is 3.82. The van der Waals surface area contributed by atoms with E-state index in [9.17, 15) is 14.9 Å². The molecule has 0 saturated carbocycles. The molecule has 5 rings (SSSR count). The fourth-order valence-corrected chi connectivity index (χ4v) is 4.73. The van der Waals surface area contributed by atoms with Crippen LogP contribution >= 0.6 is 11.6 Å². The summed E-state index contributed by atoms with van der Waals surface area (Å²) in [5.74, 6) is 0.603. The maximum atomic E-state index is 13.5. The Hall–Kier alpha value is -3.84. The van der Waals surface area contributed by atoms with Gasteiger partial charge in [-0.15, -0.1) is 0 Å². The first-order valence-electron chi connectivity index (χ1n) is 10.5. The number of H-pyrrole nitrogens is 1. The van der Waals surface area contributed by atoms with Crippen molar-refractivity contribution in [3.63, 3.8) is 0 Å². The third-order valence-electron chi connectivity index (χ3n) is 6.10. The molecule has 0 radical (unpaired) electrons. The molecule has 0 unspecified atom stereocenters. The number of methoxy groups -OCH3 is 1. The summed E-state index contributed by atoms with van der Waals surface area (Å²) in [6.45, 7) is 0.464. The van der Waals surface area contributed by atoms with E-state index in [1.807, 2.05) is 36.4 Å². The number of carbonyl (C=O) groups is 1. The lowest BCUT2D eigenvalue weighted by Crippen LogP contribution is -2.40. The quantitative estimate of drug-likeness (QED) is 0.320. The van der Waals surface area contributed by atoms with Crippen LogP contribution in [0.25, 0.3) is 10.9 Å². The standard InChI is InChI=1S/C25H20ClN3O4/c1-33-17-8-10-21-19(14-17)18-11-12-28(25(30)15-5-3-2-4-6-15)24(23(18)27-21)16-7-9-20(26)22(13-16)29(31)32/h2-10,13-14,24,27H,11-12H2,1H3/t24-/m1/s1. The maximum absolute atomic E-state index is 13.5. The average Bonchev–Trinajstić information content (AvgIpc) is 3.21. The van der Waals surface area contributed by atoms with E-state index in [1.54, 1.807) is 30.2 Å². The normalized spacial score (nSPS) is 15.3. The molecule has 1 aromatic heterocycles. The van der Waals surface area contributed by atoms with Crippen molar-refractivity contribution in [2.24, 2.45) is 0 Å². The second-order valence-electron chi connectivity index (χ2n) is 7.91. The number of fused-ring (bicyclic) bond motifs is 3. The zero-order valence-electron chi connectivity index (χ0n) is 17.7. The van der Waals surface area contributed by atoms with Crippen molar-refractivity contribution < 1.29 is 14.5 Å². The first-order valence-corrected chi connectivity index (χ1v) is 10.8. The number of hydrogen-bond donors (Lipinski definition) is 1. The van der Waals surface area contributed by atoms with Crippen molar-refractivity contribution >= 4 is 34.1 Å². The van der Waals surface area contributed by atoms with Gasteiger partial charge in [0, 0.05) is 34.8 Å². The maximum Gasteiger partial charge on any atom is 0.288 e. The van der Waals surface area contributed by atoms with E-state index in [0.717, 1.165) is 27.9 Å². The molecular weight excluding hydrogens is 442 g/mol. The van der Waals surface area contributed by atoms with Gasteiger partial charge in [0.05, 0.1) is 18.1 Å². The lowest BCUT2D eigenvalue weighted by Gasteiger charge is -2.36. The van der Waals surface area contributed by atoms with E-state index in [2.05, 4.69) is 4.98 Å². The third-order valence-corrected chi connectivity index (χ3v) is 6.42. The molecule has 1 aliphatic heterocycles. The molecule has 7 nitrogen and oxygen atoms in total. The topological polar surface area (TPSA) is 88.5 Å². The second-order valence-corrected chi connectivity index (χ2v) is 8.32. The largest absolute Gasteiger partial charge is 0.497 e. The van der Waals surface area contributed by atoms with Gasteiger partial charge in [0.2, 0.25) is 0 Å². The number of halogens is 1. The summed E-state index contributed by atoms with van der Waals surface area (Å²) in [6, 6.07) is 19.0. The number of hydrogen-bond acceptors (Lipinski definition) is 4. The number of aromatic nitrogens is 1. The van der Waals surface area contributed by atoms with E-state index in [1.165, 1.54) is 12.1 Å². The highest BCUT2D eigenvalue weighted by atomic mass is 35.5. The molecule has 1 aliphatic rings. The number of nitrogens with zero attached hydrogens (tertiary/aromatic N) is 2. The van der Waals surface area contributed by atoms with Crippen LogP contribution < -0.4 is 4.74 Å². The van der Waals surface area contributed by atoms with Crippen LogP contribution in [0.1, 0.15) is 33.2 Å². The minimum absolute atomic E-state index is 0.0575. The molecule has 1 amide bonds. The van der Waals surface area contributed by atoms with Gasteiger partial charge in [0.25, 0.3) is 11.6 Å². The van der Waals surface area contributed by atoms with Crippen LogP contribution in [0, 0.1) is 10.1 Å². The lowest BCUT2D eigenvalue weighted by atomic mass is 9.91. The number of benzene rings is 3. The zero-order chi connectivity index (χ0) is 23.1. The Bertz CT molecular complexity index is 1380. The highest BCUT2D eigenvalue weighted by molar-refractivity contribution is 6.32. The van der Waals surface area contributed by atoms with Gasteiger partial charge in [0.15, 0.2) is 0 Å². The molecule has 0 bridgehead atoms. The summed E-state index contributed by atoms with van der Waals surface area (Å²) in [6.07, 6.45) is 0.646. The van der Waals surface area contributed by atoms with Gasteiger partial charge in [-0.1, -0.05) is 35.9 Å². The van der Waals surface area contributed by atoms with E-state index < -0.39 is 11.0 Å². The Morgan fingerprint density at radius 2 is 1.94 bits per heavy atom. The molecule has 0 spiro atoms. The fraction of sp³-hybridized carbons (Fsp3) is 0.160. The zero-order valence-corrected chi connectivity index (χ0v) is 18.5. The van der Waals surface area contributed by atoms with Crippen molar-refractivity contribution in [3.05, 3.63) is 104 Å². The number of carbonyl (C=O) groups excluding carboxylic acids is 1. The average molecular weight is 462 g/mol. The summed E-state index contributed by atoms with van der Waals surface area (Å²) < 4.78 is 5.40. The Morgan fingerprint density at radius 3 is 2.67 bits per heavy atom. The molecule has 1 atom stereocenters. The molecule has 2 heterocycles. The Balaban J connectivity index is 1.70. The number of rotatable bonds is 4. The predicted molar refractivity (Wildman–Crippen MR) is 126 cm³/mol. The number of nitro benzene ring substituents is 1. The molecule has 4 aromatic rings. The molecular formula is C25H20ClN3O4. The number of nitrogens with one attached hydrogen (secondary N) is 1. The minimum Gasteiger partial charge on any atom is -0.497 e.